The first-order chi connectivity index (χ1) is 11.4. The molecule has 1 aromatic heterocycles. The van der Waals surface area contributed by atoms with Gasteiger partial charge in [-0.05, 0) is 18.9 Å². The Morgan fingerprint density at radius 3 is 2.79 bits per heavy atom. The largest absolute Gasteiger partial charge is 0.486 e. The van der Waals surface area contributed by atoms with Crippen molar-refractivity contribution in [3.05, 3.63) is 39.7 Å². The molecule has 2 aromatic rings. The van der Waals surface area contributed by atoms with E-state index in [9.17, 15) is 18.4 Å². The van der Waals surface area contributed by atoms with E-state index in [2.05, 4.69) is 0 Å². The van der Waals surface area contributed by atoms with Crippen molar-refractivity contribution in [2.24, 2.45) is 5.92 Å². The number of hydrogen-bond donors (Lipinski definition) is 0. The number of hydrogen-bond acceptors (Lipinski definition) is 4. The second-order valence-electron chi connectivity index (χ2n) is 6.02. The fourth-order valence-corrected chi connectivity index (χ4v) is 2.94. The van der Waals surface area contributed by atoms with Gasteiger partial charge in [0.1, 0.15) is 12.2 Å². The van der Waals surface area contributed by atoms with Crippen molar-refractivity contribution in [2.45, 2.75) is 26.8 Å². The minimum Gasteiger partial charge on any atom is -0.486 e. The summed E-state index contributed by atoms with van der Waals surface area (Å²) in [6, 6.07) is 0.584. The summed E-state index contributed by atoms with van der Waals surface area (Å²) in [5.41, 5.74) is -0.737. The molecule has 0 fully saturated rings. The van der Waals surface area contributed by atoms with Gasteiger partial charge in [0, 0.05) is 6.20 Å². The predicted octanol–water partition coefficient (Wildman–Crippen LogP) is 3.05. The van der Waals surface area contributed by atoms with Crippen molar-refractivity contribution in [3.8, 4) is 5.75 Å². The van der Waals surface area contributed by atoms with Crippen LogP contribution in [-0.2, 0) is 4.74 Å². The second-order valence-corrected chi connectivity index (χ2v) is 6.02. The lowest BCUT2D eigenvalue weighted by Crippen LogP contribution is -2.31. The molecule has 0 saturated carbocycles. The molecule has 0 N–H and O–H groups in total. The molecule has 0 aliphatic carbocycles. The first-order valence-electron chi connectivity index (χ1n) is 7.73. The highest BCUT2D eigenvalue weighted by Crippen LogP contribution is 2.37. The van der Waals surface area contributed by atoms with Gasteiger partial charge in [0.2, 0.25) is 11.2 Å². The van der Waals surface area contributed by atoms with E-state index < -0.39 is 23.0 Å². The Balaban J connectivity index is 2.41. The quantitative estimate of drug-likeness (QED) is 0.808. The lowest BCUT2D eigenvalue weighted by atomic mass is 10.0. The molecular formula is C17H17F2NO4. The minimum absolute atomic E-state index is 0.0898. The summed E-state index contributed by atoms with van der Waals surface area (Å²) < 4.78 is 39.8. The third kappa shape index (κ3) is 2.35. The molecule has 0 radical (unpaired) electrons. The molecule has 24 heavy (non-hydrogen) atoms. The van der Waals surface area contributed by atoms with Gasteiger partial charge >= 0.3 is 5.97 Å². The van der Waals surface area contributed by atoms with Crippen LogP contribution in [0, 0.1) is 17.6 Å². The third-order valence-corrected chi connectivity index (χ3v) is 4.19. The van der Waals surface area contributed by atoms with Gasteiger partial charge in [0.15, 0.2) is 11.6 Å². The Morgan fingerprint density at radius 1 is 1.46 bits per heavy atom. The summed E-state index contributed by atoms with van der Waals surface area (Å²) in [7, 11) is 0. The van der Waals surface area contributed by atoms with Crippen LogP contribution in [0.3, 0.4) is 0 Å². The number of ether oxygens (including phenoxy) is 2. The average molecular weight is 337 g/mol. The van der Waals surface area contributed by atoms with E-state index in [0.29, 0.717) is 0 Å². The van der Waals surface area contributed by atoms with Crippen molar-refractivity contribution in [1.29, 1.82) is 0 Å². The number of benzene rings is 1. The molecule has 0 bridgehead atoms. The zero-order valence-corrected chi connectivity index (χ0v) is 13.6. The van der Waals surface area contributed by atoms with Crippen LogP contribution in [0.5, 0.6) is 5.75 Å². The maximum atomic E-state index is 14.1. The third-order valence-electron chi connectivity index (χ3n) is 4.19. The van der Waals surface area contributed by atoms with Crippen molar-refractivity contribution in [1.82, 2.24) is 4.57 Å². The van der Waals surface area contributed by atoms with Crippen LogP contribution in [0.1, 0.15) is 37.2 Å². The smallest absolute Gasteiger partial charge is 0.343 e. The minimum atomic E-state index is -1.19. The summed E-state index contributed by atoms with van der Waals surface area (Å²) in [6.45, 7) is 5.72. The van der Waals surface area contributed by atoms with Gasteiger partial charge in [-0.25, -0.2) is 9.18 Å². The molecule has 0 spiro atoms. The molecule has 1 unspecified atom stereocenters. The zero-order valence-electron chi connectivity index (χ0n) is 13.6. The fourth-order valence-electron chi connectivity index (χ4n) is 2.94. The molecule has 1 aliphatic heterocycles. The summed E-state index contributed by atoms with van der Waals surface area (Å²) in [5, 5.41) is -0.0974. The van der Waals surface area contributed by atoms with Crippen LogP contribution in [0.15, 0.2) is 17.1 Å². The number of pyridine rings is 1. The summed E-state index contributed by atoms with van der Waals surface area (Å²) >= 11 is 0. The highest BCUT2D eigenvalue weighted by Gasteiger charge is 2.31. The second kappa shape index (κ2) is 5.89. The molecule has 2 heterocycles. The van der Waals surface area contributed by atoms with Gasteiger partial charge in [0.05, 0.1) is 23.6 Å². The highest BCUT2D eigenvalue weighted by atomic mass is 19.2. The van der Waals surface area contributed by atoms with E-state index in [-0.39, 0.29) is 47.4 Å². The van der Waals surface area contributed by atoms with E-state index in [1.165, 1.54) is 6.20 Å². The molecule has 0 amide bonds. The van der Waals surface area contributed by atoms with Crippen LogP contribution in [-0.4, -0.2) is 23.8 Å². The van der Waals surface area contributed by atoms with Crippen LogP contribution < -0.4 is 10.2 Å². The molecule has 1 atom stereocenters. The van der Waals surface area contributed by atoms with Gasteiger partial charge in [-0.1, -0.05) is 13.8 Å². The first-order valence-corrected chi connectivity index (χ1v) is 7.73. The molecule has 1 aromatic carbocycles. The van der Waals surface area contributed by atoms with Gasteiger partial charge in [-0.15, -0.1) is 0 Å². The van der Waals surface area contributed by atoms with E-state index in [0.717, 1.165) is 6.07 Å². The Morgan fingerprint density at radius 2 is 2.17 bits per heavy atom. The van der Waals surface area contributed by atoms with Crippen molar-refractivity contribution < 1.29 is 23.0 Å². The van der Waals surface area contributed by atoms with Gasteiger partial charge in [-0.2, -0.15) is 4.39 Å². The van der Waals surface area contributed by atoms with Gasteiger partial charge < -0.3 is 14.0 Å². The van der Waals surface area contributed by atoms with Crippen LogP contribution in [0.2, 0.25) is 0 Å². The maximum Gasteiger partial charge on any atom is 0.343 e. The molecular weight excluding hydrogens is 320 g/mol. The van der Waals surface area contributed by atoms with E-state index in [4.69, 9.17) is 9.47 Å². The predicted molar refractivity (Wildman–Crippen MR) is 83.5 cm³/mol. The molecule has 5 nitrogen and oxygen atoms in total. The van der Waals surface area contributed by atoms with E-state index >= 15 is 0 Å². The summed E-state index contributed by atoms with van der Waals surface area (Å²) in [6.07, 6.45) is 1.36. The fraction of sp³-hybridized carbons (Fsp3) is 0.412. The Labute approximate surface area is 136 Å². The van der Waals surface area contributed by atoms with Crippen LogP contribution in [0.4, 0.5) is 8.78 Å². The number of halogens is 2. The van der Waals surface area contributed by atoms with Gasteiger partial charge in [0.25, 0.3) is 0 Å². The topological polar surface area (TPSA) is 57.5 Å². The summed E-state index contributed by atoms with van der Waals surface area (Å²) in [5.74, 6) is -3.32. The highest BCUT2D eigenvalue weighted by molar-refractivity contribution is 5.95. The standard InChI is InChI=1S/C17H17F2NO4/c1-4-23-17(22)10-6-20-12(8(2)3)7-24-16-13(19)11(18)5-9(14(16)20)15(10)21/h5-6,8,12H,4,7H2,1-3H3. The number of aromatic nitrogens is 1. The number of nitrogens with zero attached hydrogens (tertiary/aromatic N) is 1. The molecule has 1 aliphatic rings. The normalized spacial score (nSPS) is 16.3. The lowest BCUT2D eigenvalue weighted by molar-refractivity contribution is 0.0523. The van der Waals surface area contributed by atoms with Crippen molar-refractivity contribution >= 4 is 16.9 Å². The Hall–Kier alpha value is -2.44. The van der Waals surface area contributed by atoms with Crippen molar-refractivity contribution in [2.75, 3.05) is 13.2 Å². The maximum absolute atomic E-state index is 14.1. The van der Waals surface area contributed by atoms with Crippen molar-refractivity contribution in [3.63, 3.8) is 0 Å². The average Bonchev–Trinajstić information content (AvgIpc) is 2.54. The molecule has 0 saturated heterocycles. The summed E-state index contributed by atoms with van der Waals surface area (Å²) in [4.78, 5) is 24.6. The molecule has 3 rings (SSSR count). The monoisotopic (exact) mass is 337 g/mol. The van der Waals surface area contributed by atoms with Crippen LogP contribution >= 0.6 is 0 Å². The van der Waals surface area contributed by atoms with Crippen LogP contribution in [0.25, 0.3) is 10.9 Å². The zero-order chi connectivity index (χ0) is 17.6. The SMILES string of the molecule is CCOC(=O)c1cn2c3c(c(F)c(F)cc3c1=O)OCC2C(C)C. The lowest BCUT2D eigenvalue weighted by Gasteiger charge is -2.31. The number of esters is 1. The van der Waals surface area contributed by atoms with E-state index in [1.807, 2.05) is 13.8 Å². The van der Waals surface area contributed by atoms with E-state index in [1.54, 1.807) is 11.5 Å². The number of carbonyl (C=O) groups is 1. The molecule has 128 valence electrons. The van der Waals surface area contributed by atoms with Gasteiger partial charge in [-0.3, -0.25) is 4.79 Å². The Kier molecular flexibility index (Phi) is 4.03. The number of carbonyl (C=O) groups excluding carboxylic acids is 1. The number of rotatable bonds is 3. The Bertz CT molecular complexity index is 889. The molecule has 7 heteroatoms. The first kappa shape index (κ1) is 16.4.